The van der Waals surface area contributed by atoms with Crippen LogP contribution in [0.15, 0.2) is 28.2 Å². The number of nitrogens with zero attached hydrogens (tertiary/aromatic N) is 2. The summed E-state index contributed by atoms with van der Waals surface area (Å²) in [5.41, 5.74) is 0.729. The number of amides is 1. The number of carbonyl (C=O) groups excluding carboxylic acids is 1. The Kier molecular flexibility index (Phi) is 7.24. The first kappa shape index (κ1) is 21.3. The molecule has 1 aliphatic rings. The molecule has 0 radical (unpaired) electrons. The van der Waals surface area contributed by atoms with E-state index in [0.29, 0.717) is 24.9 Å². The summed E-state index contributed by atoms with van der Waals surface area (Å²) in [6, 6.07) is 5.67. The number of fused-ring (bicyclic) bond motifs is 1. The SMILES string of the molecule is CCCn1c(SCC(=O)N[C@@H](c2ccc3c(c2)OCCCO3)C(C)C)n[nH]c1=O. The highest BCUT2D eigenvalue weighted by molar-refractivity contribution is 7.99. The monoisotopic (exact) mass is 420 g/mol. The molecule has 1 amide bonds. The summed E-state index contributed by atoms with van der Waals surface area (Å²) in [6.07, 6.45) is 1.67. The van der Waals surface area contributed by atoms with Crippen molar-refractivity contribution in [3.8, 4) is 11.5 Å². The van der Waals surface area contributed by atoms with Crippen molar-refractivity contribution in [1.82, 2.24) is 20.1 Å². The van der Waals surface area contributed by atoms with E-state index >= 15 is 0 Å². The van der Waals surface area contributed by atoms with Gasteiger partial charge in [0.2, 0.25) is 5.91 Å². The van der Waals surface area contributed by atoms with Gasteiger partial charge in [-0.05, 0) is 30.0 Å². The van der Waals surface area contributed by atoms with E-state index in [1.54, 1.807) is 4.57 Å². The zero-order valence-electron chi connectivity index (χ0n) is 17.1. The number of ether oxygens (including phenoxy) is 2. The van der Waals surface area contributed by atoms with Crippen LogP contribution in [0.4, 0.5) is 0 Å². The lowest BCUT2D eigenvalue weighted by atomic mass is 9.95. The van der Waals surface area contributed by atoms with Crippen LogP contribution in [0.2, 0.25) is 0 Å². The van der Waals surface area contributed by atoms with E-state index in [1.165, 1.54) is 11.8 Å². The van der Waals surface area contributed by atoms with Crippen LogP contribution in [0, 0.1) is 5.92 Å². The Morgan fingerprint density at radius 3 is 2.79 bits per heavy atom. The van der Waals surface area contributed by atoms with Gasteiger partial charge >= 0.3 is 5.69 Å². The van der Waals surface area contributed by atoms with E-state index in [-0.39, 0.29) is 29.3 Å². The maximum Gasteiger partial charge on any atom is 0.343 e. The maximum absolute atomic E-state index is 12.6. The lowest BCUT2D eigenvalue weighted by Gasteiger charge is -2.24. The van der Waals surface area contributed by atoms with Crippen LogP contribution in [0.25, 0.3) is 0 Å². The number of aromatic nitrogens is 3. The minimum absolute atomic E-state index is 0.112. The second kappa shape index (κ2) is 9.87. The zero-order valence-corrected chi connectivity index (χ0v) is 17.9. The van der Waals surface area contributed by atoms with Crippen LogP contribution in [-0.4, -0.2) is 39.6 Å². The highest BCUT2D eigenvalue weighted by atomic mass is 32.2. The fourth-order valence-electron chi connectivity index (χ4n) is 3.19. The van der Waals surface area contributed by atoms with Gasteiger partial charge in [-0.3, -0.25) is 9.36 Å². The summed E-state index contributed by atoms with van der Waals surface area (Å²) < 4.78 is 13.0. The quantitative estimate of drug-likeness (QED) is 0.637. The molecule has 0 saturated heterocycles. The lowest BCUT2D eigenvalue weighted by Crippen LogP contribution is -2.33. The van der Waals surface area contributed by atoms with Crippen molar-refractivity contribution in [2.45, 2.75) is 51.4 Å². The third-order valence-electron chi connectivity index (χ3n) is 4.62. The highest BCUT2D eigenvalue weighted by Crippen LogP contribution is 2.34. The number of carbonyl (C=O) groups is 1. The topological polar surface area (TPSA) is 98.2 Å². The van der Waals surface area contributed by atoms with Gasteiger partial charge in [0.25, 0.3) is 0 Å². The maximum atomic E-state index is 12.6. The number of H-pyrrole nitrogens is 1. The van der Waals surface area contributed by atoms with Crippen molar-refractivity contribution in [2.24, 2.45) is 5.92 Å². The van der Waals surface area contributed by atoms with Crippen LogP contribution in [0.5, 0.6) is 11.5 Å². The van der Waals surface area contributed by atoms with Gasteiger partial charge in [0.1, 0.15) is 0 Å². The number of hydrogen-bond acceptors (Lipinski definition) is 6. The third-order valence-corrected chi connectivity index (χ3v) is 5.59. The standard InChI is InChI=1S/C20H28N4O4S/c1-4-8-24-19(26)22-23-20(24)29-12-17(25)21-18(13(2)3)14-6-7-15-16(11-14)28-10-5-9-27-15/h6-7,11,13,18H,4-5,8-10,12H2,1-3H3,(H,21,25)(H,22,26)/t18-/m1/s1. The summed E-state index contributed by atoms with van der Waals surface area (Å²) in [4.78, 5) is 24.4. The molecule has 3 rings (SSSR count). The van der Waals surface area contributed by atoms with Crippen molar-refractivity contribution in [3.63, 3.8) is 0 Å². The highest BCUT2D eigenvalue weighted by Gasteiger charge is 2.21. The van der Waals surface area contributed by atoms with Crippen molar-refractivity contribution in [3.05, 3.63) is 34.2 Å². The first-order chi connectivity index (χ1) is 14.0. The Labute approximate surface area is 174 Å². The molecule has 8 nitrogen and oxygen atoms in total. The number of benzene rings is 1. The average Bonchev–Trinajstić information content (AvgIpc) is 2.90. The fourth-order valence-corrected chi connectivity index (χ4v) is 3.97. The molecule has 1 aromatic carbocycles. The second-order valence-electron chi connectivity index (χ2n) is 7.30. The summed E-state index contributed by atoms with van der Waals surface area (Å²) in [7, 11) is 0. The van der Waals surface area contributed by atoms with Crippen LogP contribution < -0.4 is 20.5 Å². The summed E-state index contributed by atoms with van der Waals surface area (Å²) in [5, 5.41) is 10.1. The molecule has 1 atom stereocenters. The van der Waals surface area contributed by atoms with Gasteiger partial charge in [0, 0.05) is 13.0 Å². The third kappa shape index (κ3) is 5.35. The van der Waals surface area contributed by atoms with Gasteiger partial charge in [-0.1, -0.05) is 38.6 Å². The molecule has 0 spiro atoms. The number of rotatable bonds is 8. The van der Waals surface area contributed by atoms with Gasteiger partial charge in [-0.2, -0.15) is 0 Å². The molecule has 0 fully saturated rings. The first-order valence-corrected chi connectivity index (χ1v) is 10.9. The van der Waals surface area contributed by atoms with Crippen LogP contribution in [-0.2, 0) is 11.3 Å². The summed E-state index contributed by atoms with van der Waals surface area (Å²) >= 11 is 1.25. The van der Waals surface area contributed by atoms with E-state index in [9.17, 15) is 9.59 Å². The molecule has 2 heterocycles. The molecule has 1 aliphatic heterocycles. The Morgan fingerprint density at radius 1 is 1.31 bits per heavy atom. The predicted octanol–water partition coefficient (Wildman–Crippen LogP) is 2.75. The Morgan fingerprint density at radius 2 is 2.07 bits per heavy atom. The molecule has 0 unspecified atom stereocenters. The summed E-state index contributed by atoms with van der Waals surface area (Å²) in [6.45, 7) is 7.95. The van der Waals surface area contributed by atoms with Gasteiger partial charge < -0.3 is 14.8 Å². The van der Waals surface area contributed by atoms with E-state index in [2.05, 4.69) is 29.4 Å². The van der Waals surface area contributed by atoms with Crippen LogP contribution in [0.1, 0.15) is 45.2 Å². The molecular weight excluding hydrogens is 392 g/mol. The molecule has 1 aromatic heterocycles. The molecule has 2 aromatic rings. The second-order valence-corrected chi connectivity index (χ2v) is 8.24. The number of aromatic amines is 1. The molecular formula is C20H28N4O4S. The first-order valence-electron chi connectivity index (χ1n) is 9.96. The van der Waals surface area contributed by atoms with Gasteiger partial charge in [-0.25, -0.2) is 9.89 Å². The zero-order chi connectivity index (χ0) is 20.8. The molecule has 0 aliphatic carbocycles. The molecule has 0 saturated carbocycles. The van der Waals surface area contributed by atoms with Gasteiger partial charge in [-0.15, -0.1) is 5.10 Å². The lowest BCUT2D eigenvalue weighted by molar-refractivity contribution is -0.119. The molecule has 9 heteroatoms. The van der Waals surface area contributed by atoms with E-state index in [4.69, 9.17) is 9.47 Å². The van der Waals surface area contributed by atoms with Crippen molar-refractivity contribution in [2.75, 3.05) is 19.0 Å². The predicted molar refractivity (Wildman–Crippen MR) is 112 cm³/mol. The van der Waals surface area contributed by atoms with Gasteiger partial charge in [0.05, 0.1) is 25.0 Å². The van der Waals surface area contributed by atoms with E-state index < -0.39 is 0 Å². The van der Waals surface area contributed by atoms with Crippen molar-refractivity contribution >= 4 is 17.7 Å². The minimum Gasteiger partial charge on any atom is -0.490 e. The van der Waals surface area contributed by atoms with Crippen LogP contribution in [0.3, 0.4) is 0 Å². The smallest absolute Gasteiger partial charge is 0.343 e. The van der Waals surface area contributed by atoms with E-state index in [1.807, 2.05) is 25.1 Å². The normalized spacial score (nSPS) is 14.5. The van der Waals surface area contributed by atoms with Crippen molar-refractivity contribution < 1.29 is 14.3 Å². The minimum atomic E-state index is -0.248. The largest absolute Gasteiger partial charge is 0.490 e. The Hall–Kier alpha value is -2.42. The molecule has 2 N–H and O–H groups in total. The number of nitrogens with one attached hydrogen (secondary N) is 2. The molecule has 0 bridgehead atoms. The number of thioether (sulfide) groups is 1. The molecule has 29 heavy (non-hydrogen) atoms. The Bertz CT molecular complexity index is 893. The van der Waals surface area contributed by atoms with Gasteiger partial charge in [0.15, 0.2) is 16.7 Å². The van der Waals surface area contributed by atoms with Crippen LogP contribution >= 0.6 is 11.8 Å². The Balaban J connectivity index is 1.67. The average molecular weight is 421 g/mol. The summed E-state index contributed by atoms with van der Waals surface area (Å²) in [5.74, 6) is 1.72. The fraction of sp³-hybridized carbons (Fsp3) is 0.550. The van der Waals surface area contributed by atoms with Crippen molar-refractivity contribution in [1.29, 1.82) is 0 Å². The van der Waals surface area contributed by atoms with E-state index in [0.717, 1.165) is 29.9 Å². The molecule has 158 valence electrons. The number of hydrogen-bond donors (Lipinski definition) is 2.